The average Bonchev–Trinajstić information content (AvgIpc) is 3.43. The van der Waals surface area contributed by atoms with Crippen LogP contribution in [0.3, 0.4) is 0 Å². The van der Waals surface area contributed by atoms with E-state index in [0.29, 0.717) is 42.1 Å². The molecule has 52 heavy (non-hydrogen) atoms. The van der Waals surface area contributed by atoms with Gasteiger partial charge >= 0.3 is 6.36 Å². The number of fused-ring (bicyclic) bond motifs is 3. The van der Waals surface area contributed by atoms with E-state index in [1.54, 1.807) is 24.5 Å². The Morgan fingerprint density at radius 3 is 2.48 bits per heavy atom. The molecular formula is C40H34F3N5O4. The van der Waals surface area contributed by atoms with Gasteiger partial charge in [-0.1, -0.05) is 24.3 Å². The first-order chi connectivity index (χ1) is 25.3. The average molecular weight is 706 g/mol. The van der Waals surface area contributed by atoms with Crippen LogP contribution in [0.25, 0.3) is 22.0 Å². The summed E-state index contributed by atoms with van der Waals surface area (Å²) < 4.78 is 56.1. The predicted octanol–water partition coefficient (Wildman–Crippen LogP) is 8.42. The summed E-state index contributed by atoms with van der Waals surface area (Å²) in [5.74, 6) is 0.299. The number of nitrogens with zero attached hydrogens (tertiary/aromatic N) is 3. The molecule has 0 unspecified atom stereocenters. The van der Waals surface area contributed by atoms with E-state index >= 15 is 0 Å². The monoisotopic (exact) mass is 705 g/mol. The second-order valence-corrected chi connectivity index (χ2v) is 12.7. The number of aromatic nitrogens is 2. The number of nitrogens with one attached hydrogen (secondary N) is 2. The van der Waals surface area contributed by atoms with Crippen LogP contribution in [0.5, 0.6) is 11.5 Å². The van der Waals surface area contributed by atoms with Crippen molar-refractivity contribution in [2.75, 3.05) is 48.4 Å². The molecule has 0 spiro atoms. The minimum atomic E-state index is -4.78. The first-order valence-corrected chi connectivity index (χ1v) is 16.9. The van der Waals surface area contributed by atoms with Crippen molar-refractivity contribution >= 4 is 39.6 Å². The summed E-state index contributed by atoms with van der Waals surface area (Å²) in [6, 6.07) is 27.5. The molecule has 0 bridgehead atoms. The number of morpholine rings is 1. The number of hydrogen-bond acceptors (Lipinski definition) is 7. The fourth-order valence-corrected chi connectivity index (χ4v) is 6.70. The van der Waals surface area contributed by atoms with Gasteiger partial charge in [0.1, 0.15) is 11.5 Å². The summed E-state index contributed by atoms with van der Waals surface area (Å²) in [5.41, 5.74) is 7.96. The Labute approximate surface area is 297 Å². The first kappa shape index (κ1) is 33.2. The molecule has 4 aromatic carbocycles. The lowest BCUT2D eigenvalue weighted by molar-refractivity contribution is -0.274. The fraction of sp³-hybridized carbons (Fsp3) is 0.200. The second kappa shape index (κ2) is 14.0. The Morgan fingerprint density at radius 1 is 0.808 bits per heavy atom. The number of alkyl halides is 3. The van der Waals surface area contributed by atoms with Gasteiger partial charge in [-0.3, -0.25) is 9.78 Å². The zero-order valence-corrected chi connectivity index (χ0v) is 28.0. The van der Waals surface area contributed by atoms with E-state index in [-0.39, 0.29) is 11.7 Å². The van der Waals surface area contributed by atoms with Gasteiger partial charge in [0.2, 0.25) is 0 Å². The van der Waals surface area contributed by atoms with Crippen molar-refractivity contribution < 1.29 is 32.2 Å². The molecule has 4 heterocycles. The van der Waals surface area contributed by atoms with Crippen LogP contribution in [0, 0.1) is 0 Å². The number of pyridine rings is 1. The molecule has 2 aromatic heterocycles. The molecule has 1 fully saturated rings. The Kier molecular flexibility index (Phi) is 8.90. The molecule has 8 rings (SSSR count). The molecule has 1 saturated heterocycles. The third-order valence-electron chi connectivity index (χ3n) is 9.22. The standard InChI is InChI=1S/C40H34F3N5O4/c41-40(42,43)52-31-3-1-2-27(20-31)24-48-25-34(32-12-14-44-23-38(32)48)28-5-10-33-36(22-28)45-35-11-4-26(21-37(35)46-39(33)49)13-17-51-30-8-6-29(7-9-30)47-15-18-50-19-16-47/h1-12,14,20-23,25,45H,13,15-19,24H2,(H,46,49). The van der Waals surface area contributed by atoms with Gasteiger partial charge in [-0.25, -0.2) is 0 Å². The van der Waals surface area contributed by atoms with E-state index in [9.17, 15) is 18.0 Å². The summed E-state index contributed by atoms with van der Waals surface area (Å²) in [4.78, 5) is 20.0. The Morgan fingerprint density at radius 2 is 1.65 bits per heavy atom. The van der Waals surface area contributed by atoms with Crippen molar-refractivity contribution in [3.63, 3.8) is 0 Å². The molecule has 0 atom stereocenters. The number of ether oxygens (including phenoxy) is 3. The molecule has 9 nitrogen and oxygen atoms in total. The molecule has 12 heteroatoms. The van der Waals surface area contributed by atoms with Crippen molar-refractivity contribution in [1.29, 1.82) is 0 Å². The zero-order valence-electron chi connectivity index (χ0n) is 28.0. The van der Waals surface area contributed by atoms with E-state index in [4.69, 9.17) is 9.47 Å². The van der Waals surface area contributed by atoms with E-state index in [1.807, 2.05) is 59.3 Å². The molecular weight excluding hydrogens is 671 g/mol. The normalized spacial score (nSPS) is 14.2. The first-order valence-electron chi connectivity index (χ1n) is 16.9. The second-order valence-electron chi connectivity index (χ2n) is 12.7. The molecule has 2 aliphatic heterocycles. The number of hydrogen-bond donors (Lipinski definition) is 2. The number of carbonyl (C=O) groups excluding carboxylic acids is 1. The molecule has 0 saturated carbocycles. The summed E-state index contributed by atoms with van der Waals surface area (Å²) in [6.45, 7) is 4.02. The van der Waals surface area contributed by atoms with Crippen molar-refractivity contribution in [3.8, 4) is 22.6 Å². The summed E-state index contributed by atoms with van der Waals surface area (Å²) >= 11 is 0. The van der Waals surface area contributed by atoms with Gasteiger partial charge in [0, 0.05) is 55.1 Å². The zero-order chi connectivity index (χ0) is 35.7. The van der Waals surface area contributed by atoms with Gasteiger partial charge < -0.3 is 34.3 Å². The lowest BCUT2D eigenvalue weighted by Gasteiger charge is -2.28. The van der Waals surface area contributed by atoms with Crippen molar-refractivity contribution in [1.82, 2.24) is 9.55 Å². The Hall–Kier alpha value is -6.01. The SMILES string of the molecule is O=C1Nc2cc(CCOc3ccc(N4CCOCC4)cc3)ccc2Nc2cc(-c3cn(Cc4cccc(OC(F)(F)F)c4)c4cnccc34)ccc21. The van der Waals surface area contributed by atoms with Crippen LogP contribution in [0.15, 0.2) is 110 Å². The number of anilines is 4. The van der Waals surface area contributed by atoms with Crippen LogP contribution in [0.4, 0.5) is 35.9 Å². The van der Waals surface area contributed by atoms with Crippen molar-refractivity contribution in [2.45, 2.75) is 19.3 Å². The third kappa shape index (κ3) is 7.24. The number of carbonyl (C=O) groups is 1. The fourth-order valence-electron chi connectivity index (χ4n) is 6.70. The number of rotatable bonds is 9. The van der Waals surface area contributed by atoms with Gasteiger partial charge in [0.15, 0.2) is 0 Å². The molecule has 6 aromatic rings. The number of halogens is 3. The van der Waals surface area contributed by atoms with Gasteiger partial charge in [-0.2, -0.15) is 0 Å². The van der Waals surface area contributed by atoms with Crippen molar-refractivity contribution in [3.05, 3.63) is 126 Å². The Balaban J connectivity index is 0.983. The molecule has 2 N–H and O–H groups in total. The molecule has 0 radical (unpaired) electrons. The van der Waals surface area contributed by atoms with Crippen LogP contribution in [-0.2, 0) is 17.7 Å². The lowest BCUT2D eigenvalue weighted by Crippen LogP contribution is -2.36. The summed E-state index contributed by atoms with van der Waals surface area (Å²) in [5, 5.41) is 7.42. The third-order valence-corrected chi connectivity index (χ3v) is 9.22. The maximum Gasteiger partial charge on any atom is 0.573 e. The van der Waals surface area contributed by atoms with Crippen LogP contribution in [-0.4, -0.2) is 54.7 Å². The van der Waals surface area contributed by atoms with Gasteiger partial charge in [0.25, 0.3) is 5.91 Å². The molecule has 2 aliphatic rings. The number of benzene rings is 4. The van der Waals surface area contributed by atoms with E-state index in [2.05, 4.69) is 37.4 Å². The highest BCUT2D eigenvalue weighted by Crippen LogP contribution is 2.38. The highest BCUT2D eigenvalue weighted by Gasteiger charge is 2.31. The predicted molar refractivity (Wildman–Crippen MR) is 194 cm³/mol. The number of amides is 1. The highest BCUT2D eigenvalue weighted by atomic mass is 19.4. The maximum absolute atomic E-state index is 13.4. The minimum absolute atomic E-state index is 0.228. The van der Waals surface area contributed by atoms with Crippen LogP contribution in [0.2, 0.25) is 0 Å². The smallest absolute Gasteiger partial charge is 0.493 e. The van der Waals surface area contributed by atoms with E-state index in [0.717, 1.165) is 71.0 Å². The molecule has 264 valence electrons. The lowest BCUT2D eigenvalue weighted by atomic mass is 10.0. The van der Waals surface area contributed by atoms with E-state index in [1.165, 1.54) is 18.2 Å². The highest BCUT2D eigenvalue weighted by molar-refractivity contribution is 6.13. The molecule has 1 amide bonds. The van der Waals surface area contributed by atoms with Gasteiger partial charge in [-0.05, 0) is 83.4 Å². The summed E-state index contributed by atoms with van der Waals surface area (Å²) in [6.07, 6.45) is 1.25. The molecule has 0 aliphatic carbocycles. The van der Waals surface area contributed by atoms with Crippen molar-refractivity contribution in [2.24, 2.45) is 0 Å². The largest absolute Gasteiger partial charge is 0.573 e. The van der Waals surface area contributed by atoms with Gasteiger partial charge in [0.05, 0.1) is 54.2 Å². The summed E-state index contributed by atoms with van der Waals surface area (Å²) in [7, 11) is 0. The maximum atomic E-state index is 13.4. The van der Waals surface area contributed by atoms with Gasteiger partial charge in [-0.15, -0.1) is 13.2 Å². The van der Waals surface area contributed by atoms with Crippen LogP contribution >= 0.6 is 0 Å². The van der Waals surface area contributed by atoms with Crippen LogP contribution in [0.1, 0.15) is 21.5 Å². The van der Waals surface area contributed by atoms with Crippen LogP contribution < -0.4 is 25.0 Å². The Bertz CT molecular complexity index is 2250. The van der Waals surface area contributed by atoms with E-state index < -0.39 is 6.36 Å². The topological polar surface area (TPSA) is 89.9 Å². The quantitative estimate of drug-likeness (QED) is 0.156. The minimum Gasteiger partial charge on any atom is -0.493 e.